The number of rotatable bonds is 12. The first kappa shape index (κ1) is 23.6. The van der Waals surface area contributed by atoms with Crippen LogP contribution >= 0.6 is 11.8 Å². The molecular formula is C19H30N4O4S. The fourth-order valence-corrected chi connectivity index (χ4v) is 2.85. The molecule has 0 spiro atoms. The monoisotopic (exact) mass is 410 g/mol. The average molecular weight is 411 g/mol. The second-order valence-electron chi connectivity index (χ2n) is 6.22. The SMILES string of the molecule is CCCCCCOc1ccc(C(=O)NNC(=O)C(CCSC)NC(N)=O)cc1. The predicted octanol–water partition coefficient (Wildman–Crippen LogP) is 2.20. The normalized spacial score (nSPS) is 11.4. The van der Waals surface area contributed by atoms with Gasteiger partial charge in [0.05, 0.1) is 6.61 Å². The Morgan fingerprint density at radius 2 is 1.82 bits per heavy atom. The molecule has 0 radical (unpaired) electrons. The summed E-state index contributed by atoms with van der Waals surface area (Å²) in [5, 5.41) is 2.36. The molecule has 0 aliphatic rings. The van der Waals surface area contributed by atoms with Gasteiger partial charge >= 0.3 is 6.03 Å². The molecule has 9 heteroatoms. The van der Waals surface area contributed by atoms with Gasteiger partial charge in [-0.15, -0.1) is 0 Å². The lowest BCUT2D eigenvalue weighted by atomic mass is 10.2. The highest BCUT2D eigenvalue weighted by Crippen LogP contribution is 2.13. The maximum absolute atomic E-state index is 12.2. The van der Waals surface area contributed by atoms with Crippen molar-refractivity contribution >= 4 is 29.6 Å². The van der Waals surface area contributed by atoms with Gasteiger partial charge in [0, 0.05) is 5.56 Å². The zero-order chi connectivity index (χ0) is 20.8. The molecule has 4 amide bonds. The van der Waals surface area contributed by atoms with Crippen LogP contribution in [0.4, 0.5) is 4.79 Å². The van der Waals surface area contributed by atoms with Crippen LogP contribution in [0.3, 0.4) is 0 Å². The smallest absolute Gasteiger partial charge is 0.312 e. The summed E-state index contributed by atoms with van der Waals surface area (Å²) >= 11 is 1.53. The number of thioether (sulfide) groups is 1. The molecule has 0 bridgehead atoms. The van der Waals surface area contributed by atoms with E-state index in [0.29, 0.717) is 30.1 Å². The number of nitrogens with two attached hydrogens (primary N) is 1. The molecule has 1 aromatic carbocycles. The molecule has 1 aromatic rings. The van der Waals surface area contributed by atoms with E-state index in [2.05, 4.69) is 23.1 Å². The number of carbonyl (C=O) groups is 3. The average Bonchev–Trinajstić information content (AvgIpc) is 2.69. The number of hydrogen-bond acceptors (Lipinski definition) is 5. The van der Waals surface area contributed by atoms with Crippen LogP contribution in [-0.4, -0.2) is 42.5 Å². The van der Waals surface area contributed by atoms with Crippen molar-refractivity contribution in [1.82, 2.24) is 16.2 Å². The zero-order valence-corrected chi connectivity index (χ0v) is 17.3. The third kappa shape index (κ3) is 9.50. The van der Waals surface area contributed by atoms with Crippen LogP contribution in [0.15, 0.2) is 24.3 Å². The summed E-state index contributed by atoms with van der Waals surface area (Å²) in [5.41, 5.74) is 10.1. The van der Waals surface area contributed by atoms with Crippen LogP contribution in [0.5, 0.6) is 5.75 Å². The highest BCUT2D eigenvalue weighted by Gasteiger charge is 2.20. The summed E-state index contributed by atoms with van der Waals surface area (Å²) in [6.07, 6.45) is 6.80. The Balaban J connectivity index is 2.46. The summed E-state index contributed by atoms with van der Waals surface area (Å²) in [5.74, 6) is 0.352. The lowest BCUT2D eigenvalue weighted by Crippen LogP contribution is -2.53. The fraction of sp³-hybridized carbons (Fsp3) is 0.526. The van der Waals surface area contributed by atoms with Crippen LogP contribution in [-0.2, 0) is 4.79 Å². The predicted molar refractivity (Wildman–Crippen MR) is 111 cm³/mol. The molecule has 0 aliphatic heterocycles. The molecule has 0 saturated carbocycles. The van der Waals surface area contributed by atoms with Crippen LogP contribution < -0.4 is 26.6 Å². The van der Waals surface area contributed by atoms with E-state index in [9.17, 15) is 14.4 Å². The zero-order valence-electron chi connectivity index (χ0n) is 16.5. The van der Waals surface area contributed by atoms with Crippen LogP contribution in [0, 0.1) is 0 Å². The number of nitrogens with one attached hydrogen (secondary N) is 3. The number of ether oxygens (including phenoxy) is 1. The van der Waals surface area contributed by atoms with Crippen molar-refractivity contribution in [2.45, 2.75) is 45.1 Å². The molecule has 5 N–H and O–H groups in total. The number of amides is 4. The molecule has 28 heavy (non-hydrogen) atoms. The molecule has 1 unspecified atom stereocenters. The Morgan fingerprint density at radius 1 is 1.11 bits per heavy atom. The van der Waals surface area contributed by atoms with Gasteiger partial charge in [0.2, 0.25) is 0 Å². The summed E-state index contributed by atoms with van der Waals surface area (Å²) in [4.78, 5) is 35.3. The fourth-order valence-electron chi connectivity index (χ4n) is 2.38. The van der Waals surface area contributed by atoms with Gasteiger partial charge in [-0.3, -0.25) is 20.4 Å². The second-order valence-corrected chi connectivity index (χ2v) is 7.21. The van der Waals surface area contributed by atoms with Gasteiger partial charge in [0.15, 0.2) is 0 Å². The molecule has 8 nitrogen and oxygen atoms in total. The molecule has 0 aliphatic carbocycles. The number of hydrogen-bond donors (Lipinski definition) is 4. The van der Waals surface area contributed by atoms with Crippen molar-refractivity contribution in [2.24, 2.45) is 5.73 Å². The van der Waals surface area contributed by atoms with Gasteiger partial charge < -0.3 is 15.8 Å². The quantitative estimate of drug-likeness (QED) is 0.311. The number of benzene rings is 1. The van der Waals surface area contributed by atoms with Crippen molar-refractivity contribution in [3.05, 3.63) is 29.8 Å². The van der Waals surface area contributed by atoms with Crippen molar-refractivity contribution in [3.8, 4) is 5.75 Å². The largest absolute Gasteiger partial charge is 0.494 e. The molecule has 1 atom stereocenters. The van der Waals surface area contributed by atoms with E-state index >= 15 is 0 Å². The first-order valence-electron chi connectivity index (χ1n) is 9.35. The van der Waals surface area contributed by atoms with Crippen LogP contribution in [0.1, 0.15) is 49.4 Å². The number of urea groups is 1. The van der Waals surface area contributed by atoms with E-state index in [1.165, 1.54) is 24.6 Å². The number of hydrazine groups is 1. The molecular weight excluding hydrogens is 380 g/mol. The highest BCUT2D eigenvalue weighted by atomic mass is 32.2. The van der Waals surface area contributed by atoms with Crippen molar-refractivity contribution in [2.75, 3.05) is 18.6 Å². The Bertz CT molecular complexity index is 625. The molecule has 1 rings (SSSR count). The van der Waals surface area contributed by atoms with Crippen molar-refractivity contribution in [1.29, 1.82) is 0 Å². The first-order chi connectivity index (χ1) is 13.5. The number of carbonyl (C=O) groups excluding carboxylic acids is 3. The topological polar surface area (TPSA) is 123 Å². The van der Waals surface area contributed by atoms with Gasteiger partial charge in [0.25, 0.3) is 11.8 Å². The van der Waals surface area contributed by atoms with Crippen molar-refractivity contribution < 1.29 is 19.1 Å². The van der Waals surface area contributed by atoms with E-state index < -0.39 is 23.9 Å². The lowest BCUT2D eigenvalue weighted by Gasteiger charge is -2.17. The van der Waals surface area contributed by atoms with Crippen LogP contribution in [0.25, 0.3) is 0 Å². The third-order valence-electron chi connectivity index (χ3n) is 3.93. The van der Waals surface area contributed by atoms with E-state index in [0.717, 1.165) is 12.8 Å². The van der Waals surface area contributed by atoms with Crippen LogP contribution in [0.2, 0.25) is 0 Å². The molecule has 0 heterocycles. The molecule has 0 fully saturated rings. The maximum Gasteiger partial charge on any atom is 0.312 e. The lowest BCUT2D eigenvalue weighted by molar-refractivity contribution is -0.123. The standard InChI is InChI=1S/C19H30N4O4S/c1-3-4-5-6-12-27-15-9-7-14(8-10-15)17(24)22-23-18(25)16(11-13-28-2)21-19(20)26/h7-10,16H,3-6,11-13H2,1-2H3,(H,22,24)(H,23,25)(H3,20,21,26). The number of primary amides is 1. The van der Waals surface area contributed by atoms with Gasteiger partial charge in [-0.2, -0.15) is 11.8 Å². The summed E-state index contributed by atoms with van der Waals surface area (Å²) in [7, 11) is 0. The van der Waals surface area contributed by atoms with E-state index in [-0.39, 0.29) is 0 Å². The minimum Gasteiger partial charge on any atom is -0.494 e. The van der Waals surface area contributed by atoms with Gasteiger partial charge in [-0.1, -0.05) is 26.2 Å². The second kappa shape index (κ2) is 13.7. The summed E-state index contributed by atoms with van der Waals surface area (Å²) in [6, 6.07) is 5.07. The Labute approximate surface area is 170 Å². The number of unbranched alkanes of at least 4 members (excludes halogenated alkanes) is 3. The maximum atomic E-state index is 12.2. The minimum absolute atomic E-state index is 0.377. The van der Waals surface area contributed by atoms with Gasteiger partial charge in [-0.05, 0) is 49.1 Å². The summed E-state index contributed by atoms with van der Waals surface area (Å²) < 4.78 is 5.64. The van der Waals surface area contributed by atoms with E-state index in [1.54, 1.807) is 24.3 Å². The van der Waals surface area contributed by atoms with Crippen molar-refractivity contribution in [3.63, 3.8) is 0 Å². The van der Waals surface area contributed by atoms with Gasteiger partial charge in [-0.25, -0.2) is 4.79 Å². The Kier molecular flexibility index (Phi) is 11.6. The Morgan fingerprint density at radius 3 is 2.43 bits per heavy atom. The molecule has 0 saturated heterocycles. The molecule has 156 valence electrons. The first-order valence-corrected chi connectivity index (χ1v) is 10.7. The third-order valence-corrected chi connectivity index (χ3v) is 4.57. The summed E-state index contributed by atoms with van der Waals surface area (Å²) in [6.45, 7) is 2.80. The minimum atomic E-state index is -0.811. The van der Waals surface area contributed by atoms with Gasteiger partial charge in [0.1, 0.15) is 11.8 Å². The van der Waals surface area contributed by atoms with E-state index in [1.807, 2.05) is 6.26 Å². The highest BCUT2D eigenvalue weighted by molar-refractivity contribution is 7.98. The Hall–Kier alpha value is -2.42. The van der Waals surface area contributed by atoms with E-state index in [4.69, 9.17) is 10.5 Å². The molecule has 0 aromatic heterocycles.